The number of hydrogen-bond acceptors (Lipinski definition) is 2. The van der Waals surface area contributed by atoms with E-state index < -0.39 is 0 Å². The third-order valence-corrected chi connectivity index (χ3v) is 3.64. The monoisotopic (exact) mass is 301 g/mol. The maximum absolute atomic E-state index is 6.22. The van der Waals surface area contributed by atoms with E-state index in [0.717, 1.165) is 28.4 Å². The Morgan fingerprint density at radius 3 is 2.67 bits per heavy atom. The number of para-hydroxylation sites is 1. The van der Waals surface area contributed by atoms with E-state index >= 15 is 0 Å². The van der Waals surface area contributed by atoms with Crippen molar-refractivity contribution in [1.82, 2.24) is 5.32 Å². The van der Waals surface area contributed by atoms with Crippen molar-refractivity contribution in [3.05, 3.63) is 77.3 Å². The Labute approximate surface area is 131 Å². The van der Waals surface area contributed by atoms with Gasteiger partial charge in [-0.05, 0) is 24.6 Å². The number of rotatable bonds is 7. The van der Waals surface area contributed by atoms with Gasteiger partial charge >= 0.3 is 0 Å². The van der Waals surface area contributed by atoms with Gasteiger partial charge in [-0.2, -0.15) is 0 Å². The Morgan fingerprint density at radius 2 is 1.90 bits per heavy atom. The average molecular weight is 302 g/mol. The van der Waals surface area contributed by atoms with Crippen LogP contribution in [0.5, 0.6) is 5.75 Å². The Morgan fingerprint density at radius 1 is 1.19 bits per heavy atom. The molecule has 2 aromatic rings. The molecule has 0 aromatic heterocycles. The van der Waals surface area contributed by atoms with Crippen molar-refractivity contribution >= 4 is 11.6 Å². The van der Waals surface area contributed by atoms with E-state index in [1.54, 1.807) is 6.08 Å². The highest BCUT2D eigenvalue weighted by Crippen LogP contribution is 2.24. The number of ether oxygens (including phenoxy) is 1. The second-order valence-electron chi connectivity index (χ2n) is 4.83. The third kappa shape index (κ3) is 4.35. The number of nitrogens with one attached hydrogen (secondary N) is 1. The minimum absolute atomic E-state index is 0.172. The second-order valence-corrected chi connectivity index (χ2v) is 5.24. The maximum atomic E-state index is 6.22. The summed E-state index contributed by atoms with van der Waals surface area (Å²) in [6, 6.07) is 16.1. The summed E-state index contributed by atoms with van der Waals surface area (Å²) < 4.78 is 5.66. The molecule has 0 bridgehead atoms. The molecule has 21 heavy (non-hydrogen) atoms. The van der Waals surface area contributed by atoms with Crippen molar-refractivity contribution in [2.75, 3.05) is 6.61 Å². The summed E-state index contributed by atoms with van der Waals surface area (Å²) in [7, 11) is 0. The number of benzene rings is 2. The van der Waals surface area contributed by atoms with Crippen LogP contribution < -0.4 is 10.1 Å². The first kappa shape index (κ1) is 15.6. The number of halogens is 1. The van der Waals surface area contributed by atoms with Crippen molar-refractivity contribution in [2.45, 2.75) is 19.5 Å². The molecule has 0 saturated carbocycles. The molecule has 3 heteroatoms. The van der Waals surface area contributed by atoms with Gasteiger partial charge < -0.3 is 10.1 Å². The standard InChI is InChI=1S/C18H20ClNO/c1-3-12-21-18-11-7-4-8-15(18)13-20-14(2)16-9-5-6-10-17(16)19/h3-11,14,20H,1,12-13H2,2H3/t14-/m0/s1. The topological polar surface area (TPSA) is 21.3 Å². The molecule has 0 amide bonds. The van der Waals surface area contributed by atoms with E-state index in [4.69, 9.17) is 16.3 Å². The van der Waals surface area contributed by atoms with Gasteiger partial charge in [-0.3, -0.25) is 0 Å². The van der Waals surface area contributed by atoms with Gasteiger partial charge in [0.15, 0.2) is 0 Å². The fourth-order valence-electron chi connectivity index (χ4n) is 2.14. The lowest BCUT2D eigenvalue weighted by molar-refractivity contribution is 0.357. The molecular formula is C18H20ClNO. The molecule has 2 nitrogen and oxygen atoms in total. The summed E-state index contributed by atoms with van der Waals surface area (Å²) in [5, 5.41) is 4.27. The van der Waals surface area contributed by atoms with E-state index in [9.17, 15) is 0 Å². The Hall–Kier alpha value is -1.77. The lowest BCUT2D eigenvalue weighted by Gasteiger charge is -2.17. The van der Waals surface area contributed by atoms with Crippen LogP contribution in [-0.2, 0) is 6.54 Å². The van der Waals surface area contributed by atoms with E-state index in [2.05, 4.69) is 24.9 Å². The zero-order valence-electron chi connectivity index (χ0n) is 12.2. The van der Waals surface area contributed by atoms with Crippen LogP contribution in [0.1, 0.15) is 24.1 Å². The molecule has 0 unspecified atom stereocenters. The molecule has 0 aliphatic heterocycles. The molecule has 2 rings (SSSR count). The van der Waals surface area contributed by atoms with Gasteiger partial charge in [0, 0.05) is 23.2 Å². The smallest absolute Gasteiger partial charge is 0.124 e. The summed E-state index contributed by atoms with van der Waals surface area (Å²) in [6.45, 7) is 7.01. The summed E-state index contributed by atoms with van der Waals surface area (Å²) in [6.07, 6.45) is 1.75. The molecule has 0 fully saturated rings. The highest BCUT2D eigenvalue weighted by molar-refractivity contribution is 6.31. The average Bonchev–Trinajstić information content (AvgIpc) is 2.52. The van der Waals surface area contributed by atoms with Crippen LogP contribution >= 0.6 is 11.6 Å². The predicted molar refractivity (Wildman–Crippen MR) is 88.8 cm³/mol. The Kier molecular flexibility index (Phi) is 5.85. The highest BCUT2D eigenvalue weighted by Gasteiger charge is 2.10. The first-order chi connectivity index (χ1) is 10.2. The van der Waals surface area contributed by atoms with Crippen LogP contribution in [0.3, 0.4) is 0 Å². The van der Waals surface area contributed by atoms with Crippen molar-refractivity contribution in [2.24, 2.45) is 0 Å². The van der Waals surface area contributed by atoms with Gasteiger partial charge in [-0.15, -0.1) is 0 Å². The Bertz CT molecular complexity index is 597. The van der Waals surface area contributed by atoms with Gasteiger partial charge in [0.25, 0.3) is 0 Å². The minimum atomic E-state index is 0.172. The van der Waals surface area contributed by atoms with Gasteiger partial charge in [0.1, 0.15) is 12.4 Å². The first-order valence-corrected chi connectivity index (χ1v) is 7.39. The van der Waals surface area contributed by atoms with Gasteiger partial charge in [0.05, 0.1) is 0 Å². The van der Waals surface area contributed by atoms with Crippen molar-refractivity contribution in [1.29, 1.82) is 0 Å². The SMILES string of the molecule is C=CCOc1ccccc1CN[C@@H](C)c1ccccc1Cl. The van der Waals surface area contributed by atoms with Crippen molar-refractivity contribution in [3.8, 4) is 5.75 Å². The molecule has 2 aromatic carbocycles. The fraction of sp³-hybridized carbons (Fsp3) is 0.222. The molecule has 0 aliphatic rings. The first-order valence-electron chi connectivity index (χ1n) is 7.01. The molecule has 0 spiro atoms. The summed E-state index contributed by atoms with van der Waals surface area (Å²) >= 11 is 6.22. The predicted octanol–water partition coefficient (Wildman–Crippen LogP) is 4.76. The summed E-state index contributed by atoms with van der Waals surface area (Å²) in [4.78, 5) is 0. The van der Waals surface area contributed by atoms with Gasteiger partial charge in [0.2, 0.25) is 0 Å². The summed E-state index contributed by atoms with van der Waals surface area (Å²) in [5.74, 6) is 0.885. The fourth-order valence-corrected chi connectivity index (χ4v) is 2.44. The van der Waals surface area contributed by atoms with Crippen molar-refractivity contribution in [3.63, 3.8) is 0 Å². The Balaban J connectivity index is 2.03. The second kappa shape index (κ2) is 7.87. The normalized spacial score (nSPS) is 11.9. The van der Waals surface area contributed by atoms with E-state index in [1.807, 2.05) is 42.5 Å². The zero-order chi connectivity index (χ0) is 15.1. The number of hydrogen-bond donors (Lipinski definition) is 1. The summed E-state index contributed by atoms with van der Waals surface area (Å²) in [5.41, 5.74) is 2.22. The molecule has 110 valence electrons. The van der Waals surface area contributed by atoms with Crippen LogP contribution in [0.2, 0.25) is 5.02 Å². The maximum Gasteiger partial charge on any atom is 0.124 e. The molecule has 0 radical (unpaired) electrons. The lowest BCUT2D eigenvalue weighted by Crippen LogP contribution is -2.19. The van der Waals surface area contributed by atoms with E-state index in [0.29, 0.717) is 6.61 Å². The van der Waals surface area contributed by atoms with Crippen LogP contribution in [0.4, 0.5) is 0 Å². The third-order valence-electron chi connectivity index (χ3n) is 3.30. The van der Waals surface area contributed by atoms with Crippen LogP contribution in [-0.4, -0.2) is 6.61 Å². The zero-order valence-corrected chi connectivity index (χ0v) is 12.9. The van der Waals surface area contributed by atoms with E-state index in [1.165, 1.54) is 0 Å². The van der Waals surface area contributed by atoms with Crippen LogP contribution in [0, 0.1) is 0 Å². The van der Waals surface area contributed by atoms with Gasteiger partial charge in [-0.25, -0.2) is 0 Å². The highest BCUT2D eigenvalue weighted by atomic mass is 35.5. The molecular weight excluding hydrogens is 282 g/mol. The minimum Gasteiger partial charge on any atom is -0.489 e. The van der Waals surface area contributed by atoms with Crippen LogP contribution in [0.25, 0.3) is 0 Å². The molecule has 0 aliphatic carbocycles. The molecule has 0 saturated heterocycles. The van der Waals surface area contributed by atoms with E-state index in [-0.39, 0.29) is 6.04 Å². The molecule has 0 heterocycles. The molecule has 1 atom stereocenters. The van der Waals surface area contributed by atoms with Crippen LogP contribution in [0.15, 0.2) is 61.2 Å². The van der Waals surface area contributed by atoms with Gasteiger partial charge in [-0.1, -0.05) is 60.7 Å². The largest absolute Gasteiger partial charge is 0.489 e. The van der Waals surface area contributed by atoms with Crippen molar-refractivity contribution < 1.29 is 4.74 Å². The quantitative estimate of drug-likeness (QED) is 0.745. The molecule has 1 N–H and O–H groups in total. The lowest BCUT2D eigenvalue weighted by atomic mass is 10.1.